The number of hydrogen-bond acceptors (Lipinski definition) is 4. The number of hydrogen-bond donors (Lipinski definition) is 1. The number of amides is 2. The molecule has 2 aliphatic heterocycles. The van der Waals surface area contributed by atoms with E-state index in [4.69, 9.17) is 0 Å². The maximum atomic E-state index is 13.6. The normalized spacial score (nSPS) is 22.3. The number of fused-ring (bicyclic) bond motifs is 1. The van der Waals surface area contributed by atoms with Crippen LogP contribution in [0.2, 0.25) is 0 Å². The molecule has 3 aromatic rings. The zero-order valence-electron chi connectivity index (χ0n) is 17.3. The minimum atomic E-state index is -0.489. The minimum absolute atomic E-state index is 0.0744. The third kappa shape index (κ3) is 3.44. The van der Waals surface area contributed by atoms with Crippen LogP contribution < -0.4 is 0 Å². The number of piperazine rings is 1. The van der Waals surface area contributed by atoms with E-state index in [0.29, 0.717) is 6.54 Å². The average molecular weight is 431 g/mol. The van der Waals surface area contributed by atoms with Crippen molar-refractivity contribution < 1.29 is 19.1 Å². The first-order valence-electron chi connectivity index (χ1n) is 10.5. The van der Waals surface area contributed by atoms with Crippen molar-refractivity contribution in [2.24, 2.45) is 0 Å². The molecular formula is C25H22FN3O3. The molecule has 0 saturated carbocycles. The summed E-state index contributed by atoms with van der Waals surface area (Å²) in [5.41, 5.74) is 3.27. The summed E-state index contributed by atoms with van der Waals surface area (Å²) in [4.78, 5) is 33.0. The summed E-state index contributed by atoms with van der Waals surface area (Å²) < 4.78 is 13.6. The van der Waals surface area contributed by atoms with Crippen molar-refractivity contribution in [2.75, 3.05) is 19.7 Å². The molecule has 2 amide bonds. The highest BCUT2D eigenvalue weighted by molar-refractivity contribution is 5.97. The Kier molecular flexibility index (Phi) is 5.19. The van der Waals surface area contributed by atoms with Crippen LogP contribution in [-0.2, 0) is 4.79 Å². The Bertz CT molecular complexity index is 1150. The lowest BCUT2D eigenvalue weighted by Gasteiger charge is -2.58. The SMILES string of the molecule is O=C(c1cccc(F)c1)N1CC(=O)N2[C@H](CO)[C@H](c3ccc(-c4cccnc4)cc3)[C@@H]2C1. The van der Waals surface area contributed by atoms with E-state index in [2.05, 4.69) is 4.98 Å². The second-order valence-corrected chi connectivity index (χ2v) is 8.20. The van der Waals surface area contributed by atoms with Crippen molar-refractivity contribution in [1.29, 1.82) is 0 Å². The molecule has 3 heterocycles. The van der Waals surface area contributed by atoms with Crippen LogP contribution >= 0.6 is 0 Å². The van der Waals surface area contributed by atoms with Gasteiger partial charge in [0.2, 0.25) is 5.91 Å². The molecule has 2 aromatic carbocycles. The molecule has 0 aliphatic carbocycles. The molecule has 1 N–H and O–H groups in total. The fourth-order valence-corrected chi connectivity index (χ4v) is 4.89. The summed E-state index contributed by atoms with van der Waals surface area (Å²) in [5, 5.41) is 9.97. The predicted octanol–water partition coefficient (Wildman–Crippen LogP) is 2.70. The Balaban J connectivity index is 1.39. The summed E-state index contributed by atoms with van der Waals surface area (Å²) in [5.74, 6) is -1.14. The lowest BCUT2D eigenvalue weighted by Crippen LogP contribution is -2.73. The van der Waals surface area contributed by atoms with Gasteiger partial charge in [0.15, 0.2) is 0 Å². The molecule has 2 fully saturated rings. The van der Waals surface area contributed by atoms with Crippen molar-refractivity contribution in [3.8, 4) is 11.1 Å². The molecule has 2 aliphatic rings. The van der Waals surface area contributed by atoms with E-state index < -0.39 is 5.82 Å². The van der Waals surface area contributed by atoms with E-state index in [9.17, 15) is 19.1 Å². The summed E-state index contributed by atoms with van der Waals surface area (Å²) in [6, 6.07) is 16.8. The van der Waals surface area contributed by atoms with Gasteiger partial charge in [0, 0.05) is 30.4 Å². The van der Waals surface area contributed by atoms with E-state index in [1.807, 2.05) is 36.4 Å². The molecule has 0 radical (unpaired) electrons. The summed E-state index contributed by atoms with van der Waals surface area (Å²) >= 11 is 0. The van der Waals surface area contributed by atoms with Gasteiger partial charge in [0.25, 0.3) is 5.91 Å². The highest BCUT2D eigenvalue weighted by atomic mass is 19.1. The number of pyridine rings is 1. The van der Waals surface area contributed by atoms with Crippen LogP contribution in [0.5, 0.6) is 0 Å². The van der Waals surface area contributed by atoms with Gasteiger partial charge in [-0.3, -0.25) is 14.6 Å². The lowest BCUT2D eigenvalue weighted by atomic mass is 9.73. The van der Waals surface area contributed by atoms with Crippen molar-refractivity contribution in [2.45, 2.75) is 18.0 Å². The minimum Gasteiger partial charge on any atom is -0.394 e. The third-order valence-electron chi connectivity index (χ3n) is 6.40. The van der Waals surface area contributed by atoms with Gasteiger partial charge in [-0.05, 0) is 41.0 Å². The highest BCUT2D eigenvalue weighted by Gasteiger charge is 2.54. The van der Waals surface area contributed by atoms with Gasteiger partial charge in [-0.25, -0.2) is 4.39 Å². The fraction of sp³-hybridized carbons (Fsp3) is 0.240. The number of aromatic nitrogens is 1. The third-order valence-corrected chi connectivity index (χ3v) is 6.40. The Morgan fingerprint density at radius 1 is 1.09 bits per heavy atom. The Labute approximate surface area is 184 Å². The smallest absolute Gasteiger partial charge is 0.254 e. The number of carbonyl (C=O) groups is 2. The molecule has 162 valence electrons. The molecule has 0 spiro atoms. The standard InChI is InChI=1S/C25H22FN3O3/c26-20-5-1-3-18(11-20)25(32)28-13-21-24(22(15-30)29(21)23(31)14-28)17-8-6-16(7-9-17)19-4-2-10-27-12-19/h1-12,21-22,24,30H,13-15H2/t21-,22+,24+/m0/s1. The highest BCUT2D eigenvalue weighted by Crippen LogP contribution is 2.43. The van der Waals surface area contributed by atoms with Gasteiger partial charge >= 0.3 is 0 Å². The van der Waals surface area contributed by atoms with Gasteiger partial charge in [0.05, 0.1) is 18.7 Å². The van der Waals surface area contributed by atoms with Gasteiger partial charge < -0.3 is 14.9 Å². The quantitative estimate of drug-likeness (QED) is 0.690. The summed E-state index contributed by atoms with van der Waals surface area (Å²) in [6.45, 7) is 0.122. The maximum Gasteiger partial charge on any atom is 0.254 e. The average Bonchev–Trinajstić information content (AvgIpc) is 2.81. The molecule has 6 nitrogen and oxygen atoms in total. The monoisotopic (exact) mass is 431 g/mol. The van der Waals surface area contributed by atoms with Crippen molar-refractivity contribution >= 4 is 11.8 Å². The maximum absolute atomic E-state index is 13.6. The van der Waals surface area contributed by atoms with Crippen LogP contribution in [0, 0.1) is 5.82 Å². The number of rotatable bonds is 4. The molecule has 7 heteroatoms. The predicted molar refractivity (Wildman–Crippen MR) is 116 cm³/mol. The second kappa shape index (κ2) is 8.16. The van der Waals surface area contributed by atoms with Crippen LogP contribution in [0.25, 0.3) is 11.1 Å². The number of carbonyl (C=O) groups excluding carboxylic acids is 2. The van der Waals surface area contributed by atoms with Gasteiger partial charge in [0.1, 0.15) is 12.4 Å². The molecule has 0 unspecified atom stereocenters. The number of benzene rings is 2. The summed E-state index contributed by atoms with van der Waals surface area (Å²) in [7, 11) is 0. The summed E-state index contributed by atoms with van der Waals surface area (Å²) in [6.07, 6.45) is 3.52. The number of aliphatic hydroxyl groups is 1. The molecule has 5 rings (SSSR count). The molecule has 32 heavy (non-hydrogen) atoms. The van der Waals surface area contributed by atoms with Crippen LogP contribution in [0.15, 0.2) is 73.1 Å². The zero-order chi connectivity index (χ0) is 22.2. The topological polar surface area (TPSA) is 73.7 Å². The van der Waals surface area contributed by atoms with Gasteiger partial charge in [-0.1, -0.05) is 36.4 Å². The van der Waals surface area contributed by atoms with E-state index in [1.165, 1.54) is 23.1 Å². The van der Waals surface area contributed by atoms with E-state index in [0.717, 1.165) is 16.7 Å². The molecule has 2 saturated heterocycles. The number of halogens is 1. The van der Waals surface area contributed by atoms with Crippen molar-refractivity contribution in [1.82, 2.24) is 14.8 Å². The van der Waals surface area contributed by atoms with E-state index >= 15 is 0 Å². The van der Waals surface area contributed by atoms with Crippen LogP contribution in [-0.4, -0.2) is 63.5 Å². The lowest BCUT2D eigenvalue weighted by molar-refractivity contribution is -0.159. The first-order chi connectivity index (χ1) is 15.6. The number of aliphatic hydroxyl groups excluding tert-OH is 1. The van der Waals surface area contributed by atoms with Crippen molar-refractivity contribution in [3.63, 3.8) is 0 Å². The molecule has 1 aromatic heterocycles. The number of nitrogens with zero attached hydrogens (tertiary/aromatic N) is 3. The Morgan fingerprint density at radius 2 is 1.91 bits per heavy atom. The molecule has 0 bridgehead atoms. The van der Waals surface area contributed by atoms with Gasteiger partial charge in [-0.2, -0.15) is 0 Å². The van der Waals surface area contributed by atoms with Gasteiger partial charge in [-0.15, -0.1) is 0 Å². The Hall–Kier alpha value is -3.58. The van der Waals surface area contributed by atoms with Crippen LogP contribution in [0.4, 0.5) is 4.39 Å². The van der Waals surface area contributed by atoms with E-state index in [1.54, 1.807) is 23.4 Å². The largest absolute Gasteiger partial charge is 0.394 e. The Morgan fingerprint density at radius 3 is 2.59 bits per heavy atom. The van der Waals surface area contributed by atoms with Crippen LogP contribution in [0.3, 0.4) is 0 Å². The fourth-order valence-electron chi connectivity index (χ4n) is 4.89. The van der Waals surface area contributed by atoms with Crippen molar-refractivity contribution in [3.05, 3.63) is 90.0 Å². The zero-order valence-corrected chi connectivity index (χ0v) is 17.3. The van der Waals surface area contributed by atoms with E-state index in [-0.39, 0.29) is 48.5 Å². The van der Waals surface area contributed by atoms with Crippen LogP contribution in [0.1, 0.15) is 21.8 Å². The molecule has 3 atom stereocenters. The first kappa shape index (κ1) is 20.3. The first-order valence-corrected chi connectivity index (χ1v) is 10.5. The molecular weight excluding hydrogens is 409 g/mol. The second-order valence-electron chi connectivity index (χ2n) is 8.20.